The van der Waals surface area contributed by atoms with Crippen molar-refractivity contribution in [3.05, 3.63) is 115 Å². The molecule has 0 amide bonds. The molecule has 0 aromatic heterocycles. The van der Waals surface area contributed by atoms with Gasteiger partial charge >= 0.3 is 0 Å². The number of fused-ring (bicyclic) bond motifs is 8. The van der Waals surface area contributed by atoms with E-state index in [4.69, 9.17) is 18.9 Å². The van der Waals surface area contributed by atoms with Gasteiger partial charge in [0, 0.05) is 81.4 Å². The van der Waals surface area contributed by atoms with Crippen LogP contribution in [0.2, 0.25) is 0 Å². The van der Waals surface area contributed by atoms with E-state index in [0.29, 0.717) is 76.9 Å². The van der Waals surface area contributed by atoms with Crippen LogP contribution in [-0.4, -0.2) is 60.4 Å². The molecule has 0 bridgehead atoms. The number of ketones is 2. The number of hydrogen-bond donors (Lipinski definition) is 4. The lowest BCUT2D eigenvalue weighted by Gasteiger charge is -2.39. The van der Waals surface area contributed by atoms with E-state index in [9.17, 15) is 30.0 Å². The number of methoxy groups -OCH3 is 4. The molecular weight excluding hydrogens is 697 g/mol. The van der Waals surface area contributed by atoms with Crippen LogP contribution in [0.15, 0.2) is 58.3 Å². The van der Waals surface area contributed by atoms with Crippen molar-refractivity contribution in [1.29, 1.82) is 0 Å². The third kappa shape index (κ3) is 5.16. The van der Waals surface area contributed by atoms with E-state index in [-0.39, 0.29) is 47.4 Å². The average molecular weight is 739 g/mol. The number of Topliss-reactive ketones (excluding diaryl/α,β-unsaturated/α-hetero) is 2. The molecular formula is C42H42O10S. The van der Waals surface area contributed by atoms with Crippen molar-refractivity contribution in [3.8, 4) is 11.5 Å². The summed E-state index contributed by atoms with van der Waals surface area (Å²) in [6, 6.07) is 14.3. The van der Waals surface area contributed by atoms with E-state index < -0.39 is 36.6 Å². The zero-order valence-corrected chi connectivity index (χ0v) is 31.1. The first-order chi connectivity index (χ1) is 25.5. The topological polar surface area (TPSA) is 152 Å². The minimum atomic E-state index is -1.25. The molecule has 0 heterocycles. The minimum Gasteiger partial charge on any atom is -0.496 e. The van der Waals surface area contributed by atoms with Gasteiger partial charge in [0.25, 0.3) is 0 Å². The highest BCUT2D eigenvalue weighted by Crippen LogP contribution is 2.58. The first-order valence-electron chi connectivity index (χ1n) is 17.7. The Morgan fingerprint density at radius 2 is 0.962 bits per heavy atom. The fourth-order valence-electron chi connectivity index (χ4n) is 9.13. The van der Waals surface area contributed by atoms with Crippen LogP contribution in [0, 0.1) is 11.8 Å². The molecule has 53 heavy (non-hydrogen) atoms. The molecule has 4 N–H and O–H groups in total. The summed E-state index contributed by atoms with van der Waals surface area (Å²) in [5.74, 6) is -0.0962. The van der Waals surface area contributed by atoms with E-state index in [1.165, 1.54) is 11.8 Å². The van der Waals surface area contributed by atoms with Crippen molar-refractivity contribution < 1.29 is 49.0 Å². The third-order valence-electron chi connectivity index (χ3n) is 11.6. The standard InChI is InChI=1S/C42H42O10S/c1-17-13-23(43)29-21(37(17)45)15-27(33-35(29)39(47)19-9-7-11-25(49-3)31(19)41(33)51-5)53-28-16-22-30(24(44)14-18(2)38(22)46)36-34(28)42(52-6)32-20(40(36)48)10-8-12-26(32)50-4/h7-12,15-18,37-42,45-48H,13-14H2,1-6H3/t17-,18-,37+,38+,39+,40+,41-,42+/m1/s1. The lowest BCUT2D eigenvalue weighted by atomic mass is 9.72. The van der Waals surface area contributed by atoms with E-state index in [1.54, 1.807) is 77.0 Å². The van der Waals surface area contributed by atoms with Gasteiger partial charge in [0.1, 0.15) is 35.9 Å². The molecule has 276 valence electrons. The molecule has 0 spiro atoms. The van der Waals surface area contributed by atoms with Crippen molar-refractivity contribution in [2.45, 2.75) is 73.1 Å². The van der Waals surface area contributed by atoms with E-state index in [2.05, 4.69) is 0 Å². The molecule has 10 nitrogen and oxygen atoms in total. The van der Waals surface area contributed by atoms with Gasteiger partial charge < -0.3 is 39.4 Å². The molecule has 4 aromatic rings. The molecule has 0 radical (unpaired) electrons. The van der Waals surface area contributed by atoms with Gasteiger partial charge in [-0.05, 0) is 58.4 Å². The number of benzene rings is 4. The predicted molar refractivity (Wildman–Crippen MR) is 195 cm³/mol. The highest BCUT2D eigenvalue weighted by Gasteiger charge is 2.46. The van der Waals surface area contributed by atoms with Crippen LogP contribution >= 0.6 is 11.8 Å². The molecule has 8 atom stereocenters. The van der Waals surface area contributed by atoms with E-state index in [0.717, 1.165) is 0 Å². The number of ether oxygens (including phenoxy) is 4. The Kier molecular flexibility index (Phi) is 9.05. The first kappa shape index (κ1) is 35.9. The van der Waals surface area contributed by atoms with Gasteiger partial charge in [0.15, 0.2) is 11.6 Å². The summed E-state index contributed by atoms with van der Waals surface area (Å²) in [6.07, 6.45) is -5.84. The molecule has 8 rings (SSSR count). The molecule has 0 aliphatic heterocycles. The highest BCUT2D eigenvalue weighted by molar-refractivity contribution is 7.99. The van der Waals surface area contributed by atoms with Crippen LogP contribution < -0.4 is 9.47 Å². The lowest BCUT2D eigenvalue weighted by molar-refractivity contribution is 0.0730. The van der Waals surface area contributed by atoms with Crippen molar-refractivity contribution in [1.82, 2.24) is 0 Å². The summed E-state index contributed by atoms with van der Waals surface area (Å²) in [7, 11) is 6.20. The van der Waals surface area contributed by atoms with Crippen LogP contribution in [0.1, 0.15) is 140 Å². The summed E-state index contributed by atoms with van der Waals surface area (Å²) in [6.45, 7) is 3.64. The third-order valence-corrected chi connectivity index (χ3v) is 12.7. The highest BCUT2D eigenvalue weighted by atomic mass is 32.2. The molecule has 4 aromatic carbocycles. The van der Waals surface area contributed by atoms with E-state index >= 15 is 0 Å². The quantitative estimate of drug-likeness (QED) is 0.169. The minimum absolute atomic E-state index is 0.111. The van der Waals surface area contributed by atoms with Crippen LogP contribution in [0.4, 0.5) is 0 Å². The maximum Gasteiger partial charge on any atom is 0.164 e. The number of carbonyl (C=O) groups excluding carboxylic acids is 2. The van der Waals surface area contributed by atoms with Crippen molar-refractivity contribution in [3.63, 3.8) is 0 Å². The van der Waals surface area contributed by atoms with Crippen molar-refractivity contribution in [2.24, 2.45) is 11.8 Å². The second kappa shape index (κ2) is 13.3. The molecule has 0 saturated heterocycles. The number of aliphatic hydroxyl groups is 4. The summed E-state index contributed by atoms with van der Waals surface area (Å²) in [4.78, 5) is 28.9. The Morgan fingerprint density at radius 1 is 0.566 bits per heavy atom. The van der Waals surface area contributed by atoms with Crippen LogP contribution in [0.25, 0.3) is 0 Å². The normalized spacial score (nSPS) is 26.8. The largest absolute Gasteiger partial charge is 0.496 e. The fourth-order valence-corrected chi connectivity index (χ4v) is 10.4. The van der Waals surface area contributed by atoms with Gasteiger partial charge in [-0.25, -0.2) is 0 Å². The lowest BCUT2D eigenvalue weighted by Crippen LogP contribution is -2.30. The Hall–Kier alpha value is -4.07. The van der Waals surface area contributed by atoms with Crippen LogP contribution in [0.5, 0.6) is 11.5 Å². The molecule has 4 aliphatic carbocycles. The number of aliphatic hydroxyl groups excluding tert-OH is 4. The van der Waals surface area contributed by atoms with E-state index in [1.807, 2.05) is 13.8 Å². The first-order valence-corrected chi connectivity index (χ1v) is 18.6. The smallest absolute Gasteiger partial charge is 0.164 e. The number of rotatable bonds is 6. The average Bonchev–Trinajstić information content (AvgIpc) is 3.15. The summed E-state index contributed by atoms with van der Waals surface area (Å²) in [5, 5.41) is 47.6. The Morgan fingerprint density at radius 3 is 1.32 bits per heavy atom. The molecule has 0 saturated carbocycles. The number of hydrogen-bond acceptors (Lipinski definition) is 11. The summed E-state index contributed by atoms with van der Waals surface area (Å²) >= 11 is 1.28. The zero-order chi connectivity index (χ0) is 37.6. The number of carbonyl (C=O) groups is 2. The fraction of sp³-hybridized carbons (Fsp3) is 0.381. The maximum atomic E-state index is 13.9. The molecule has 0 fully saturated rings. The summed E-state index contributed by atoms with van der Waals surface area (Å²) < 4.78 is 24.0. The second-order valence-corrected chi connectivity index (χ2v) is 15.6. The SMILES string of the molecule is COc1cccc2c1[C@@H](OC)c1c(Sc3cc4c(c5c3[C@@H](OC)c3c(OC)cccc3[C@@H]5O)C(=O)C[C@@H](C)[C@@H]4O)cc3c(c1[C@H]2O)C(=O)C[C@@H](C)[C@@H]3O. The predicted octanol–water partition coefficient (Wildman–Crippen LogP) is 6.63. The molecule has 0 unspecified atom stereocenters. The molecule has 4 aliphatic rings. The van der Waals surface area contributed by atoms with Gasteiger partial charge in [-0.15, -0.1) is 0 Å². The van der Waals surface area contributed by atoms with Crippen LogP contribution in [0.3, 0.4) is 0 Å². The second-order valence-electron chi connectivity index (χ2n) is 14.5. The van der Waals surface area contributed by atoms with Gasteiger partial charge in [-0.3, -0.25) is 9.59 Å². The Balaban J connectivity index is 1.45. The van der Waals surface area contributed by atoms with Gasteiger partial charge in [0.2, 0.25) is 0 Å². The Bertz CT molecular complexity index is 2040. The van der Waals surface area contributed by atoms with Gasteiger partial charge in [-0.2, -0.15) is 0 Å². The van der Waals surface area contributed by atoms with Gasteiger partial charge in [0.05, 0.1) is 26.4 Å². The summed E-state index contributed by atoms with van der Waals surface area (Å²) in [5.41, 5.74) is 5.45. The maximum absolute atomic E-state index is 13.9. The van der Waals surface area contributed by atoms with Crippen molar-refractivity contribution >= 4 is 23.3 Å². The Labute approximate surface area is 311 Å². The zero-order valence-electron chi connectivity index (χ0n) is 30.3. The molecule has 11 heteroatoms. The monoisotopic (exact) mass is 738 g/mol. The van der Waals surface area contributed by atoms with Gasteiger partial charge in [-0.1, -0.05) is 49.9 Å². The van der Waals surface area contributed by atoms with Crippen LogP contribution in [-0.2, 0) is 9.47 Å². The van der Waals surface area contributed by atoms with Crippen molar-refractivity contribution in [2.75, 3.05) is 28.4 Å².